The van der Waals surface area contributed by atoms with Crippen molar-refractivity contribution < 1.29 is 14.7 Å². The molecule has 0 spiro atoms. The van der Waals surface area contributed by atoms with Gasteiger partial charge in [0, 0.05) is 5.56 Å². The second kappa shape index (κ2) is 5.75. The van der Waals surface area contributed by atoms with Gasteiger partial charge in [0.2, 0.25) is 0 Å². The lowest BCUT2D eigenvalue weighted by Crippen LogP contribution is -1.92. The average molecular weight is 204 g/mol. The summed E-state index contributed by atoms with van der Waals surface area (Å²) in [6.07, 6.45) is 4.76. The van der Waals surface area contributed by atoms with E-state index in [0.717, 1.165) is 11.8 Å². The number of hydrogen-bond donors (Lipinski definition) is 1. The van der Waals surface area contributed by atoms with Crippen LogP contribution in [0.1, 0.15) is 22.3 Å². The number of carboxylic acid groups (broad SMARTS) is 1. The molecule has 3 heteroatoms. The van der Waals surface area contributed by atoms with Gasteiger partial charge in [-0.25, -0.2) is 0 Å². The van der Waals surface area contributed by atoms with E-state index in [1.807, 2.05) is 12.1 Å². The Morgan fingerprint density at radius 1 is 1.27 bits per heavy atom. The summed E-state index contributed by atoms with van der Waals surface area (Å²) in [5.74, 6) is -0.852. The second-order valence-corrected chi connectivity index (χ2v) is 3.09. The normalized spacial score (nSPS) is 10.4. The number of carbonyl (C=O) groups is 2. The van der Waals surface area contributed by atoms with Crippen molar-refractivity contribution in [1.82, 2.24) is 0 Å². The van der Waals surface area contributed by atoms with Gasteiger partial charge in [-0.15, -0.1) is 0 Å². The first-order valence-electron chi connectivity index (χ1n) is 4.64. The van der Waals surface area contributed by atoms with E-state index in [1.165, 1.54) is 0 Å². The average Bonchev–Trinajstić information content (AvgIpc) is 2.24. The van der Waals surface area contributed by atoms with E-state index in [0.29, 0.717) is 12.0 Å². The standard InChI is InChI=1S/C12H12O3/c13-9-11-7-2-1-5-10(11)6-3-4-8-12(14)15/h1-5,7,9H,6,8H2,(H,14,15). The zero-order valence-electron chi connectivity index (χ0n) is 8.22. The smallest absolute Gasteiger partial charge is 0.307 e. The Morgan fingerprint density at radius 3 is 2.67 bits per heavy atom. The third-order valence-electron chi connectivity index (χ3n) is 1.98. The summed E-state index contributed by atoms with van der Waals surface area (Å²) in [5, 5.41) is 8.40. The Labute approximate surface area is 88.0 Å². The number of hydrogen-bond acceptors (Lipinski definition) is 2. The second-order valence-electron chi connectivity index (χ2n) is 3.09. The van der Waals surface area contributed by atoms with Crippen LogP contribution in [0.3, 0.4) is 0 Å². The summed E-state index contributed by atoms with van der Waals surface area (Å²) >= 11 is 0. The Balaban J connectivity index is 2.60. The van der Waals surface area contributed by atoms with Gasteiger partial charge in [-0.2, -0.15) is 0 Å². The van der Waals surface area contributed by atoms with Crippen molar-refractivity contribution in [3.63, 3.8) is 0 Å². The van der Waals surface area contributed by atoms with Gasteiger partial charge in [-0.05, 0) is 12.0 Å². The van der Waals surface area contributed by atoms with Crippen molar-refractivity contribution in [3.8, 4) is 0 Å². The molecule has 0 atom stereocenters. The molecule has 1 N–H and O–H groups in total. The molecule has 0 bridgehead atoms. The van der Waals surface area contributed by atoms with Gasteiger partial charge in [0.15, 0.2) is 0 Å². The highest BCUT2D eigenvalue weighted by atomic mass is 16.4. The molecule has 0 saturated carbocycles. The van der Waals surface area contributed by atoms with Gasteiger partial charge in [0.05, 0.1) is 6.42 Å². The van der Waals surface area contributed by atoms with E-state index in [2.05, 4.69) is 0 Å². The first-order valence-corrected chi connectivity index (χ1v) is 4.64. The fourth-order valence-electron chi connectivity index (χ4n) is 1.23. The summed E-state index contributed by atoms with van der Waals surface area (Å²) in [4.78, 5) is 20.9. The molecular formula is C12H12O3. The summed E-state index contributed by atoms with van der Waals surface area (Å²) in [6, 6.07) is 7.25. The zero-order chi connectivity index (χ0) is 11.1. The van der Waals surface area contributed by atoms with Gasteiger partial charge in [0.1, 0.15) is 6.29 Å². The molecule has 0 fully saturated rings. The highest BCUT2D eigenvalue weighted by molar-refractivity contribution is 5.77. The van der Waals surface area contributed by atoms with Gasteiger partial charge < -0.3 is 5.11 Å². The third kappa shape index (κ3) is 3.77. The maximum Gasteiger partial charge on any atom is 0.307 e. The number of carbonyl (C=O) groups excluding carboxylic acids is 1. The van der Waals surface area contributed by atoms with Crippen LogP contribution in [0, 0.1) is 0 Å². The maximum absolute atomic E-state index is 10.7. The van der Waals surface area contributed by atoms with Crippen LogP contribution in [0.2, 0.25) is 0 Å². The van der Waals surface area contributed by atoms with Crippen molar-refractivity contribution in [1.29, 1.82) is 0 Å². The van der Waals surface area contributed by atoms with Crippen LogP contribution in [-0.2, 0) is 11.2 Å². The number of carboxylic acids is 1. The summed E-state index contributed by atoms with van der Waals surface area (Å²) in [7, 11) is 0. The Bertz CT molecular complexity index is 380. The topological polar surface area (TPSA) is 54.4 Å². The van der Waals surface area contributed by atoms with Crippen molar-refractivity contribution in [2.45, 2.75) is 12.8 Å². The lowest BCUT2D eigenvalue weighted by molar-refractivity contribution is -0.136. The van der Waals surface area contributed by atoms with Crippen molar-refractivity contribution in [2.24, 2.45) is 0 Å². The van der Waals surface area contributed by atoms with Gasteiger partial charge in [-0.1, -0.05) is 36.4 Å². The van der Waals surface area contributed by atoms with Crippen LogP contribution < -0.4 is 0 Å². The predicted octanol–water partition coefficient (Wildman–Crippen LogP) is 2.07. The summed E-state index contributed by atoms with van der Waals surface area (Å²) in [6.45, 7) is 0. The number of benzene rings is 1. The van der Waals surface area contributed by atoms with Crippen LogP contribution in [-0.4, -0.2) is 17.4 Å². The van der Waals surface area contributed by atoms with Crippen LogP contribution in [0.5, 0.6) is 0 Å². The Morgan fingerprint density at radius 2 is 2.00 bits per heavy atom. The minimum Gasteiger partial charge on any atom is -0.481 e. The molecule has 0 aliphatic rings. The SMILES string of the molecule is O=Cc1ccccc1CC=CCC(=O)O. The quantitative estimate of drug-likeness (QED) is 0.590. The third-order valence-corrected chi connectivity index (χ3v) is 1.98. The summed E-state index contributed by atoms with van der Waals surface area (Å²) < 4.78 is 0. The van der Waals surface area contributed by atoms with Gasteiger partial charge >= 0.3 is 5.97 Å². The van der Waals surface area contributed by atoms with Gasteiger partial charge in [0.25, 0.3) is 0 Å². The first kappa shape index (κ1) is 11.2. The molecule has 0 unspecified atom stereocenters. The monoisotopic (exact) mass is 204 g/mol. The summed E-state index contributed by atoms with van der Waals surface area (Å²) in [5.41, 5.74) is 1.56. The lowest BCUT2D eigenvalue weighted by atomic mass is 10.1. The highest BCUT2D eigenvalue weighted by Gasteiger charge is 1.97. The Kier molecular flexibility index (Phi) is 4.29. The van der Waals surface area contributed by atoms with Crippen LogP contribution in [0.4, 0.5) is 0 Å². The molecule has 0 radical (unpaired) electrons. The molecule has 0 saturated heterocycles. The Hall–Kier alpha value is -1.90. The fourth-order valence-corrected chi connectivity index (χ4v) is 1.23. The van der Waals surface area contributed by atoms with E-state index in [9.17, 15) is 9.59 Å². The molecule has 1 rings (SSSR count). The van der Waals surface area contributed by atoms with E-state index in [-0.39, 0.29) is 6.42 Å². The number of aliphatic carboxylic acids is 1. The maximum atomic E-state index is 10.7. The molecular weight excluding hydrogens is 192 g/mol. The molecule has 0 aromatic heterocycles. The first-order chi connectivity index (χ1) is 7.24. The van der Waals surface area contributed by atoms with Crippen LogP contribution >= 0.6 is 0 Å². The van der Waals surface area contributed by atoms with Crippen molar-refractivity contribution >= 4 is 12.3 Å². The molecule has 15 heavy (non-hydrogen) atoms. The molecule has 1 aromatic rings. The van der Waals surface area contributed by atoms with Crippen LogP contribution in [0.15, 0.2) is 36.4 Å². The molecule has 1 aromatic carbocycles. The minimum atomic E-state index is -0.852. The largest absolute Gasteiger partial charge is 0.481 e. The zero-order valence-corrected chi connectivity index (χ0v) is 8.22. The molecule has 0 amide bonds. The molecule has 0 aliphatic heterocycles. The van der Waals surface area contributed by atoms with Gasteiger partial charge in [-0.3, -0.25) is 9.59 Å². The minimum absolute atomic E-state index is 0.0171. The van der Waals surface area contributed by atoms with Crippen molar-refractivity contribution in [3.05, 3.63) is 47.5 Å². The van der Waals surface area contributed by atoms with E-state index in [4.69, 9.17) is 5.11 Å². The van der Waals surface area contributed by atoms with Crippen LogP contribution in [0.25, 0.3) is 0 Å². The van der Waals surface area contributed by atoms with Crippen molar-refractivity contribution in [2.75, 3.05) is 0 Å². The van der Waals surface area contributed by atoms with E-state index in [1.54, 1.807) is 24.3 Å². The lowest BCUT2D eigenvalue weighted by Gasteiger charge is -1.99. The molecule has 3 nitrogen and oxygen atoms in total. The fraction of sp³-hybridized carbons (Fsp3) is 0.167. The number of aldehydes is 1. The predicted molar refractivity (Wildman–Crippen MR) is 56.9 cm³/mol. The highest BCUT2D eigenvalue weighted by Crippen LogP contribution is 2.07. The van der Waals surface area contributed by atoms with E-state index >= 15 is 0 Å². The van der Waals surface area contributed by atoms with E-state index < -0.39 is 5.97 Å². The number of allylic oxidation sites excluding steroid dienone is 1. The molecule has 0 heterocycles. The molecule has 0 aliphatic carbocycles. The number of rotatable bonds is 5. The molecule has 78 valence electrons.